The van der Waals surface area contributed by atoms with Gasteiger partial charge in [0.05, 0.1) is 11.6 Å². The molecule has 0 bridgehead atoms. The molecule has 1 aliphatic carbocycles. The summed E-state index contributed by atoms with van der Waals surface area (Å²) in [6, 6.07) is 10.6. The molecule has 2 nitrogen and oxygen atoms in total. The lowest BCUT2D eigenvalue weighted by Crippen LogP contribution is -2.09. The molecule has 0 aliphatic heterocycles. The maximum atomic E-state index is 4.64. The van der Waals surface area contributed by atoms with Crippen LogP contribution in [0.4, 0.5) is 0 Å². The van der Waals surface area contributed by atoms with Crippen LogP contribution in [0.3, 0.4) is 0 Å². The predicted octanol–water partition coefficient (Wildman–Crippen LogP) is 6.04. The fraction of sp³-hybridized carbons (Fsp3) is 0.474. The summed E-state index contributed by atoms with van der Waals surface area (Å²) in [5, 5.41) is 9.14. The van der Waals surface area contributed by atoms with Crippen LogP contribution in [0, 0.1) is 0 Å². The number of nitrogens with zero attached hydrogens (tertiary/aromatic N) is 2. The SMILES string of the molecule is CC1=C(C)CC(CC(N=NC(C)(C)C)c2ccccc2)=C1. The molecule has 0 amide bonds. The molecule has 2 rings (SSSR count). The van der Waals surface area contributed by atoms with Crippen LogP contribution in [-0.2, 0) is 0 Å². The second-order valence-electron chi connectivity index (χ2n) is 6.96. The van der Waals surface area contributed by atoms with E-state index in [0.717, 1.165) is 12.8 Å². The van der Waals surface area contributed by atoms with Crippen molar-refractivity contribution in [3.05, 3.63) is 58.7 Å². The number of azo groups is 1. The molecule has 0 N–H and O–H groups in total. The first-order chi connectivity index (χ1) is 9.85. The van der Waals surface area contributed by atoms with E-state index in [1.807, 2.05) is 6.07 Å². The van der Waals surface area contributed by atoms with E-state index in [-0.39, 0.29) is 11.6 Å². The Morgan fingerprint density at radius 3 is 2.29 bits per heavy atom. The minimum atomic E-state index is -0.124. The molecular formula is C19H26N2. The molecule has 0 radical (unpaired) electrons. The van der Waals surface area contributed by atoms with E-state index in [0.29, 0.717) is 0 Å². The average Bonchev–Trinajstić information content (AvgIpc) is 2.73. The lowest BCUT2D eigenvalue weighted by Gasteiger charge is -2.16. The van der Waals surface area contributed by atoms with Gasteiger partial charge in [-0.15, -0.1) is 0 Å². The van der Waals surface area contributed by atoms with Gasteiger partial charge in [0.25, 0.3) is 0 Å². The normalized spacial score (nSPS) is 17.5. The first-order valence-electron chi connectivity index (χ1n) is 7.68. The van der Waals surface area contributed by atoms with E-state index in [1.54, 1.807) is 0 Å². The van der Waals surface area contributed by atoms with Crippen LogP contribution in [0.25, 0.3) is 0 Å². The van der Waals surface area contributed by atoms with Gasteiger partial charge in [-0.1, -0.05) is 53.1 Å². The maximum Gasteiger partial charge on any atom is 0.0995 e. The summed E-state index contributed by atoms with van der Waals surface area (Å²) in [4.78, 5) is 0. The number of rotatable bonds is 4. The summed E-state index contributed by atoms with van der Waals surface area (Å²) in [5.74, 6) is 0. The van der Waals surface area contributed by atoms with Crippen molar-refractivity contribution in [3.8, 4) is 0 Å². The van der Waals surface area contributed by atoms with Gasteiger partial charge in [-0.3, -0.25) is 0 Å². The van der Waals surface area contributed by atoms with Gasteiger partial charge >= 0.3 is 0 Å². The zero-order valence-electron chi connectivity index (χ0n) is 13.9. The summed E-state index contributed by atoms with van der Waals surface area (Å²) < 4.78 is 0. The molecule has 2 heteroatoms. The molecule has 0 saturated carbocycles. The summed E-state index contributed by atoms with van der Waals surface area (Å²) in [6.07, 6.45) is 4.36. The third kappa shape index (κ3) is 4.66. The zero-order valence-corrected chi connectivity index (χ0v) is 13.9. The van der Waals surface area contributed by atoms with E-state index < -0.39 is 0 Å². The fourth-order valence-electron chi connectivity index (χ4n) is 2.48. The lowest BCUT2D eigenvalue weighted by molar-refractivity contribution is 0.509. The molecular weight excluding hydrogens is 256 g/mol. The van der Waals surface area contributed by atoms with Crippen LogP contribution in [0.5, 0.6) is 0 Å². The number of benzene rings is 1. The first-order valence-corrected chi connectivity index (χ1v) is 7.68. The van der Waals surface area contributed by atoms with Crippen molar-refractivity contribution in [2.45, 2.75) is 59.0 Å². The highest BCUT2D eigenvalue weighted by atomic mass is 15.2. The van der Waals surface area contributed by atoms with Gasteiger partial charge in [0.2, 0.25) is 0 Å². The summed E-state index contributed by atoms with van der Waals surface area (Å²) in [7, 11) is 0. The highest BCUT2D eigenvalue weighted by Gasteiger charge is 2.18. The Labute approximate surface area is 128 Å². The van der Waals surface area contributed by atoms with Gasteiger partial charge in [-0.25, -0.2) is 0 Å². The van der Waals surface area contributed by atoms with Crippen LogP contribution in [0.15, 0.2) is 63.4 Å². The molecule has 0 fully saturated rings. The molecule has 0 spiro atoms. The zero-order chi connectivity index (χ0) is 15.5. The molecule has 1 aromatic rings. The molecule has 1 atom stereocenters. The fourth-order valence-corrected chi connectivity index (χ4v) is 2.48. The lowest BCUT2D eigenvalue weighted by atomic mass is 9.98. The van der Waals surface area contributed by atoms with Crippen molar-refractivity contribution in [3.63, 3.8) is 0 Å². The molecule has 112 valence electrons. The number of hydrogen-bond acceptors (Lipinski definition) is 2. The van der Waals surface area contributed by atoms with Crippen molar-refractivity contribution >= 4 is 0 Å². The average molecular weight is 282 g/mol. The van der Waals surface area contributed by atoms with Crippen LogP contribution in [-0.4, -0.2) is 5.54 Å². The highest BCUT2D eigenvalue weighted by molar-refractivity contribution is 5.37. The van der Waals surface area contributed by atoms with Crippen molar-refractivity contribution in [1.29, 1.82) is 0 Å². The third-order valence-electron chi connectivity index (χ3n) is 3.72. The Kier molecular flexibility index (Phi) is 4.76. The van der Waals surface area contributed by atoms with E-state index in [1.165, 1.54) is 22.3 Å². The van der Waals surface area contributed by atoms with E-state index >= 15 is 0 Å². The standard InChI is InChI=1S/C19H26N2/c1-14-11-16(12-15(14)2)13-18(20-21-19(3,4)5)17-9-7-6-8-10-17/h6-11,18H,12-13H2,1-5H3. The second kappa shape index (κ2) is 6.38. The highest BCUT2D eigenvalue weighted by Crippen LogP contribution is 2.34. The number of allylic oxidation sites excluding steroid dienone is 3. The summed E-state index contributed by atoms with van der Waals surface area (Å²) in [6.45, 7) is 10.7. The van der Waals surface area contributed by atoms with E-state index in [9.17, 15) is 0 Å². The third-order valence-corrected chi connectivity index (χ3v) is 3.72. The molecule has 1 aliphatic rings. The Morgan fingerprint density at radius 2 is 1.76 bits per heavy atom. The van der Waals surface area contributed by atoms with Crippen LogP contribution >= 0.6 is 0 Å². The molecule has 0 heterocycles. The molecule has 1 unspecified atom stereocenters. The Bertz CT molecular complexity index is 571. The quantitative estimate of drug-likeness (QED) is 0.602. The van der Waals surface area contributed by atoms with Crippen molar-refractivity contribution in [1.82, 2.24) is 0 Å². The maximum absolute atomic E-state index is 4.64. The van der Waals surface area contributed by atoms with Gasteiger partial charge < -0.3 is 0 Å². The van der Waals surface area contributed by atoms with Crippen LogP contribution < -0.4 is 0 Å². The molecule has 0 saturated heterocycles. The number of hydrogen-bond donors (Lipinski definition) is 0. The van der Waals surface area contributed by atoms with Gasteiger partial charge in [0.15, 0.2) is 0 Å². The monoisotopic (exact) mass is 282 g/mol. The van der Waals surface area contributed by atoms with Gasteiger partial charge in [-0.05, 0) is 53.0 Å². The smallest absolute Gasteiger partial charge is 0.0995 e. The Hall–Kier alpha value is -1.70. The van der Waals surface area contributed by atoms with E-state index in [4.69, 9.17) is 0 Å². The first kappa shape index (κ1) is 15.7. The minimum Gasteiger partial charge on any atom is -0.188 e. The van der Waals surface area contributed by atoms with Gasteiger partial charge in [-0.2, -0.15) is 10.2 Å². The van der Waals surface area contributed by atoms with Gasteiger partial charge in [0, 0.05) is 0 Å². The van der Waals surface area contributed by atoms with Crippen molar-refractivity contribution in [2.24, 2.45) is 10.2 Å². The van der Waals surface area contributed by atoms with E-state index in [2.05, 4.69) is 75.2 Å². The molecule has 21 heavy (non-hydrogen) atoms. The Morgan fingerprint density at radius 1 is 1.10 bits per heavy atom. The van der Waals surface area contributed by atoms with Crippen molar-refractivity contribution in [2.75, 3.05) is 0 Å². The van der Waals surface area contributed by atoms with Gasteiger partial charge in [0.1, 0.15) is 0 Å². The molecule has 0 aromatic heterocycles. The predicted molar refractivity (Wildman–Crippen MR) is 89.5 cm³/mol. The van der Waals surface area contributed by atoms with Crippen molar-refractivity contribution < 1.29 is 0 Å². The summed E-state index contributed by atoms with van der Waals surface area (Å²) in [5.41, 5.74) is 5.47. The Balaban J connectivity index is 2.18. The largest absolute Gasteiger partial charge is 0.188 e. The van der Waals surface area contributed by atoms with Crippen LogP contribution in [0.1, 0.15) is 59.1 Å². The summed E-state index contributed by atoms with van der Waals surface area (Å²) >= 11 is 0. The second-order valence-corrected chi connectivity index (χ2v) is 6.96. The minimum absolute atomic E-state index is 0.121. The molecule has 1 aromatic carbocycles. The van der Waals surface area contributed by atoms with Crippen LogP contribution in [0.2, 0.25) is 0 Å². The topological polar surface area (TPSA) is 24.7 Å².